The summed E-state index contributed by atoms with van der Waals surface area (Å²) in [5, 5.41) is 0. The Morgan fingerprint density at radius 2 is 1.82 bits per heavy atom. The lowest BCUT2D eigenvalue weighted by Crippen LogP contribution is -2.32. The summed E-state index contributed by atoms with van der Waals surface area (Å²) in [7, 11) is 2.18. The van der Waals surface area contributed by atoms with Crippen molar-refractivity contribution in [2.45, 2.75) is 12.8 Å². The van der Waals surface area contributed by atoms with E-state index >= 15 is 0 Å². The first-order valence-electron chi connectivity index (χ1n) is 7.98. The van der Waals surface area contributed by atoms with Gasteiger partial charge in [0.1, 0.15) is 5.75 Å². The lowest BCUT2D eigenvalue weighted by Gasteiger charge is -2.28. The van der Waals surface area contributed by atoms with Gasteiger partial charge in [-0.1, -0.05) is 30.3 Å². The fraction of sp³-hybridized carbons (Fsp3) is 0.368. The highest BCUT2D eigenvalue weighted by atomic mass is 16.5. The molecule has 2 aromatic carbocycles. The molecule has 0 spiro atoms. The Hall–Kier alpha value is -2.00. The molecule has 1 saturated heterocycles. The van der Waals surface area contributed by atoms with Gasteiger partial charge in [-0.05, 0) is 62.7 Å². The Labute approximate surface area is 132 Å². The molecule has 0 radical (unpaired) electrons. The van der Waals surface area contributed by atoms with Crippen LogP contribution in [0.2, 0.25) is 0 Å². The molecule has 1 heterocycles. The molecular weight excluding hydrogens is 272 g/mol. The van der Waals surface area contributed by atoms with Crippen LogP contribution in [0.4, 0.5) is 5.69 Å². The topological polar surface area (TPSA) is 38.5 Å². The molecule has 1 aliphatic heterocycles. The standard InChI is InChI=1S/C19H24N2O/c1-21-11-9-15(10-12-21)14-22-17-7-8-19(20)18(13-17)16-5-3-2-4-6-16/h2-8,13,15H,9-12,14,20H2,1H3. The number of hydrogen-bond acceptors (Lipinski definition) is 3. The van der Waals surface area contributed by atoms with Gasteiger partial charge in [-0.15, -0.1) is 0 Å². The predicted octanol–water partition coefficient (Wildman–Crippen LogP) is 3.66. The van der Waals surface area contributed by atoms with E-state index in [4.69, 9.17) is 10.5 Å². The Bertz CT molecular complexity index is 604. The molecule has 0 atom stereocenters. The average molecular weight is 296 g/mol. The molecule has 3 nitrogen and oxygen atoms in total. The van der Waals surface area contributed by atoms with Crippen LogP contribution in [0, 0.1) is 5.92 Å². The predicted molar refractivity (Wildman–Crippen MR) is 92.0 cm³/mol. The molecule has 2 N–H and O–H groups in total. The number of ether oxygens (including phenoxy) is 1. The van der Waals surface area contributed by atoms with Gasteiger partial charge in [0, 0.05) is 11.3 Å². The van der Waals surface area contributed by atoms with Gasteiger partial charge in [0.25, 0.3) is 0 Å². The van der Waals surface area contributed by atoms with Crippen molar-refractivity contribution in [2.24, 2.45) is 5.92 Å². The fourth-order valence-electron chi connectivity index (χ4n) is 2.94. The fourth-order valence-corrected chi connectivity index (χ4v) is 2.94. The van der Waals surface area contributed by atoms with Crippen molar-refractivity contribution in [1.29, 1.82) is 0 Å². The first-order valence-corrected chi connectivity index (χ1v) is 7.98. The number of nitrogens with zero attached hydrogens (tertiary/aromatic N) is 1. The third kappa shape index (κ3) is 3.60. The van der Waals surface area contributed by atoms with Crippen LogP contribution >= 0.6 is 0 Å². The summed E-state index contributed by atoms with van der Waals surface area (Å²) >= 11 is 0. The number of benzene rings is 2. The van der Waals surface area contributed by atoms with E-state index in [1.165, 1.54) is 25.9 Å². The van der Waals surface area contributed by atoms with Crippen molar-refractivity contribution in [1.82, 2.24) is 4.90 Å². The molecule has 0 saturated carbocycles. The summed E-state index contributed by atoms with van der Waals surface area (Å²) in [4.78, 5) is 2.38. The molecule has 0 amide bonds. The minimum atomic E-state index is 0.661. The summed E-state index contributed by atoms with van der Waals surface area (Å²) in [5.74, 6) is 1.57. The molecular formula is C19H24N2O. The molecule has 1 aliphatic rings. The minimum Gasteiger partial charge on any atom is -0.493 e. The second-order valence-corrected chi connectivity index (χ2v) is 6.17. The van der Waals surface area contributed by atoms with Crippen molar-refractivity contribution in [2.75, 3.05) is 32.5 Å². The van der Waals surface area contributed by atoms with Gasteiger partial charge in [-0.3, -0.25) is 0 Å². The van der Waals surface area contributed by atoms with Crippen LogP contribution in [0.25, 0.3) is 11.1 Å². The number of rotatable bonds is 4. The molecule has 0 aromatic heterocycles. The zero-order valence-electron chi connectivity index (χ0n) is 13.2. The maximum Gasteiger partial charge on any atom is 0.120 e. The van der Waals surface area contributed by atoms with Crippen molar-refractivity contribution in [3.05, 3.63) is 48.5 Å². The van der Waals surface area contributed by atoms with Crippen LogP contribution in [0.3, 0.4) is 0 Å². The molecule has 3 heteroatoms. The molecule has 22 heavy (non-hydrogen) atoms. The Balaban J connectivity index is 1.67. The normalized spacial score (nSPS) is 16.6. The van der Waals surface area contributed by atoms with Gasteiger partial charge < -0.3 is 15.4 Å². The molecule has 2 aromatic rings. The Morgan fingerprint density at radius 1 is 1.09 bits per heavy atom. The van der Waals surface area contributed by atoms with E-state index in [1.807, 2.05) is 30.3 Å². The van der Waals surface area contributed by atoms with E-state index in [-0.39, 0.29) is 0 Å². The van der Waals surface area contributed by atoms with Gasteiger partial charge in [0.15, 0.2) is 0 Å². The van der Waals surface area contributed by atoms with Gasteiger partial charge in [0.05, 0.1) is 6.61 Å². The summed E-state index contributed by atoms with van der Waals surface area (Å²) in [5.41, 5.74) is 9.08. The van der Waals surface area contributed by atoms with Crippen LogP contribution in [-0.4, -0.2) is 31.6 Å². The van der Waals surface area contributed by atoms with Gasteiger partial charge in [-0.25, -0.2) is 0 Å². The van der Waals surface area contributed by atoms with Crippen LogP contribution < -0.4 is 10.5 Å². The van der Waals surface area contributed by atoms with Gasteiger partial charge >= 0.3 is 0 Å². The van der Waals surface area contributed by atoms with Crippen LogP contribution in [0.15, 0.2) is 48.5 Å². The van der Waals surface area contributed by atoms with E-state index in [2.05, 4.69) is 30.1 Å². The first-order chi connectivity index (χ1) is 10.7. The van der Waals surface area contributed by atoms with E-state index in [1.54, 1.807) is 0 Å². The van der Waals surface area contributed by atoms with Crippen molar-refractivity contribution >= 4 is 5.69 Å². The minimum absolute atomic E-state index is 0.661. The molecule has 0 unspecified atom stereocenters. The number of nitrogens with two attached hydrogens (primary N) is 1. The lowest BCUT2D eigenvalue weighted by molar-refractivity contribution is 0.160. The molecule has 0 aliphatic carbocycles. The van der Waals surface area contributed by atoms with Gasteiger partial charge in [0.2, 0.25) is 0 Å². The number of anilines is 1. The molecule has 116 valence electrons. The van der Waals surface area contributed by atoms with E-state index in [9.17, 15) is 0 Å². The number of piperidine rings is 1. The highest BCUT2D eigenvalue weighted by Gasteiger charge is 2.17. The SMILES string of the molecule is CN1CCC(COc2ccc(N)c(-c3ccccc3)c2)CC1. The Morgan fingerprint density at radius 3 is 2.55 bits per heavy atom. The summed E-state index contributed by atoms with van der Waals surface area (Å²) < 4.78 is 6.02. The number of nitrogen functional groups attached to an aromatic ring is 1. The maximum atomic E-state index is 6.11. The highest BCUT2D eigenvalue weighted by molar-refractivity contribution is 5.77. The molecule has 3 rings (SSSR count). The van der Waals surface area contributed by atoms with E-state index in [0.717, 1.165) is 29.2 Å². The number of hydrogen-bond donors (Lipinski definition) is 1. The largest absolute Gasteiger partial charge is 0.493 e. The lowest BCUT2D eigenvalue weighted by atomic mass is 9.98. The Kier molecular flexibility index (Phi) is 4.64. The van der Waals surface area contributed by atoms with Crippen LogP contribution in [0.5, 0.6) is 5.75 Å². The van der Waals surface area contributed by atoms with Gasteiger partial charge in [-0.2, -0.15) is 0 Å². The monoisotopic (exact) mass is 296 g/mol. The van der Waals surface area contributed by atoms with Crippen LogP contribution in [0.1, 0.15) is 12.8 Å². The van der Waals surface area contributed by atoms with Crippen molar-refractivity contribution in [3.63, 3.8) is 0 Å². The third-order valence-electron chi connectivity index (χ3n) is 4.43. The maximum absolute atomic E-state index is 6.11. The quantitative estimate of drug-likeness (QED) is 0.875. The van der Waals surface area contributed by atoms with E-state index in [0.29, 0.717) is 5.92 Å². The second-order valence-electron chi connectivity index (χ2n) is 6.17. The average Bonchev–Trinajstić information content (AvgIpc) is 2.56. The van der Waals surface area contributed by atoms with Crippen LogP contribution in [-0.2, 0) is 0 Å². The summed E-state index contributed by atoms with van der Waals surface area (Å²) in [6, 6.07) is 16.2. The second kappa shape index (κ2) is 6.84. The molecule has 0 bridgehead atoms. The smallest absolute Gasteiger partial charge is 0.120 e. The number of likely N-dealkylation sites (tertiary alicyclic amines) is 1. The van der Waals surface area contributed by atoms with E-state index < -0.39 is 0 Å². The first kappa shape index (κ1) is 14.9. The third-order valence-corrected chi connectivity index (χ3v) is 4.43. The zero-order chi connectivity index (χ0) is 15.4. The molecule has 1 fully saturated rings. The van der Waals surface area contributed by atoms with Crippen molar-refractivity contribution < 1.29 is 4.74 Å². The summed E-state index contributed by atoms with van der Waals surface area (Å²) in [6.07, 6.45) is 2.44. The summed E-state index contributed by atoms with van der Waals surface area (Å²) in [6.45, 7) is 3.14. The van der Waals surface area contributed by atoms with Crippen molar-refractivity contribution in [3.8, 4) is 16.9 Å². The highest BCUT2D eigenvalue weighted by Crippen LogP contribution is 2.30. The zero-order valence-corrected chi connectivity index (χ0v) is 13.2.